The van der Waals surface area contributed by atoms with Gasteiger partial charge in [-0.1, -0.05) is 99.9 Å². The highest BCUT2D eigenvalue weighted by Crippen LogP contribution is 2.43. The SMILES string of the molecule is Cc1ncsc1-c1ccc([C@H](C)NC(=O)[C@@H]2C[C@@H](O)CN2C(=O)[C@@H](NC(=O)C2CC3CCC(C2)N3c2ccc(S(=O)(=O)NC(=O)c3nc(N4CCc5cccc(C(=O)Nc6nc7ccccc7s6)c5C4)ccc3-c3cnn(CC4CCCCC4)c3C)cc2)C(C)(C)C)cc1. The van der Waals surface area contributed by atoms with Crippen LogP contribution in [0.1, 0.15) is 147 Å². The Labute approximate surface area is 556 Å². The first-order valence-electron chi connectivity index (χ1n) is 32.8. The Morgan fingerprint density at radius 1 is 0.787 bits per heavy atom. The number of carbonyl (C=O) groups is 5. The molecule has 1 aliphatic carbocycles. The number of benzene rings is 4. The quantitative estimate of drug-likeness (QED) is 0.0569. The normalized spacial score (nSPS) is 20.6. The Balaban J connectivity index is 0.682. The van der Waals surface area contributed by atoms with Gasteiger partial charge in [0.05, 0.1) is 49.5 Å². The highest BCUT2D eigenvalue weighted by molar-refractivity contribution is 7.90. The fourth-order valence-corrected chi connectivity index (χ4v) is 17.3. The van der Waals surface area contributed by atoms with Gasteiger partial charge in [0.25, 0.3) is 21.8 Å². The van der Waals surface area contributed by atoms with E-state index in [1.54, 1.807) is 35.7 Å². The molecule has 23 heteroatoms. The van der Waals surface area contributed by atoms with Crippen molar-refractivity contribution >= 4 is 89.1 Å². The second-order valence-electron chi connectivity index (χ2n) is 27.2. The van der Waals surface area contributed by atoms with Gasteiger partial charge in [-0.25, -0.2) is 28.1 Å². The first kappa shape index (κ1) is 64.3. The molecule has 490 valence electrons. The van der Waals surface area contributed by atoms with Gasteiger partial charge in [0, 0.05) is 78.7 Å². The standard InChI is InChI=1S/C71H80N12O8S3/c1-41(45-19-21-47(22-20-45)63-42(2)72-40-92-63)74-67(87)59-35-52(84)38-81(59)69(89)64(71(4,5)6)77-65(85)48-33-50-23-24-51(34-48)83(50)49-25-27-53(28-26-49)94(90,91)79-68(88)62-54(56-36-73-82(43(56)3)37-44-13-8-7-9-14-44)29-30-61(76-62)80-32-31-46-15-12-16-55(57(46)39-80)66(86)78-70-75-58-17-10-11-18-60(58)93-70/h10-12,15-22,25-30,36,40-41,44,48,50-52,59,64,84H,7-9,13-14,23-24,31-35,37-39H2,1-6H3,(H,74,87)(H,77,85)(H,79,88)(H,75,78,86)/t41-,48?,50?,51?,52+,59-,64+/m0/s1. The van der Waals surface area contributed by atoms with Crippen molar-refractivity contribution in [3.63, 3.8) is 0 Å². The van der Waals surface area contributed by atoms with Crippen molar-refractivity contribution in [2.75, 3.05) is 28.2 Å². The number of sulfonamides is 1. The number of amides is 5. The smallest absolute Gasteiger partial charge is 0.284 e. The van der Waals surface area contributed by atoms with E-state index in [0.717, 1.165) is 86.7 Å². The van der Waals surface area contributed by atoms with Crippen LogP contribution < -0.4 is 30.5 Å². The minimum absolute atomic E-state index is 0.0424. The van der Waals surface area contributed by atoms with E-state index >= 15 is 0 Å². The van der Waals surface area contributed by atoms with Crippen molar-refractivity contribution in [1.82, 2.24) is 45.0 Å². The molecular formula is C71H80N12O8S3. The summed E-state index contributed by atoms with van der Waals surface area (Å²) in [6, 6.07) is 29.1. The van der Waals surface area contributed by atoms with E-state index in [-0.39, 0.29) is 59.4 Å². The third-order valence-corrected chi connectivity index (χ3v) is 23.1. The van der Waals surface area contributed by atoms with Crippen LogP contribution in [-0.4, -0.2) is 116 Å². The molecule has 20 nitrogen and oxygen atoms in total. The zero-order valence-electron chi connectivity index (χ0n) is 53.8. The molecule has 8 aromatic rings. The number of fused-ring (bicyclic) bond motifs is 4. The maximum atomic E-state index is 14.8. The predicted molar refractivity (Wildman–Crippen MR) is 365 cm³/mol. The molecule has 5 N–H and O–H groups in total. The molecule has 8 heterocycles. The number of aliphatic hydroxyl groups excluding tert-OH is 1. The number of anilines is 3. The monoisotopic (exact) mass is 1320 g/mol. The summed E-state index contributed by atoms with van der Waals surface area (Å²) in [5.41, 5.74) is 9.73. The molecule has 2 bridgehead atoms. The summed E-state index contributed by atoms with van der Waals surface area (Å²) in [7, 11) is -4.47. The number of carbonyl (C=O) groups excluding carboxylic acids is 5. The van der Waals surface area contributed by atoms with Crippen molar-refractivity contribution in [2.24, 2.45) is 17.3 Å². The molecule has 5 amide bonds. The Bertz CT molecular complexity index is 4260. The van der Waals surface area contributed by atoms with E-state index < -0.39 is 51.4 Å². The Kier molecular flexibility index (Phi) is 18.1. The van der Waals surface area contributed by atoms with Gasteiger partial charge in [-0.3, -0.25) is 34.0 Å². The molecular weight excluding hydrogens is 1250 g/mol. The molecule has 5 aliphatic rings. The Morgan fingerprint density at radius 2 is 1.53 bits per heavy atom. The van der Waals surface area contributed by atoms with Gasteiger partial charge in [-0.2, -0.15) is 5.10 Å². The van der Waals surface area contributed by atoms with Gasteiger partial charge in [0.2, 0.25) is 17.7 Å². The lowest BCUT2D eigenvalue weighted by molar-refractivity contribution is -0.144. The molecule has 6 atom stereocenters. The van der Waals surface area contributed by atoms with Gasteiger partial charge >= 0.3 is 0 Å². The topological polar surface area (TPSA) is 254 Å². The minimum Gasteiger partial charge on any atom is -0.391 e. The van der Waals surface area contributed by atoms with Crippen LogP contribution in [0.15, 0.2) is 120 Å². The number of aliphatic hydroxyl groups is 1. The van der Waals surface area contributed by atoms with Crippen LogP contribution in [0.4, 0.5) is 16.6 Å². The summed E-state index contributed by atoms with van der Waals surface area (Å²) >= 11 is 2.97. The number of pyridine rings is 1. The molecule has 13 rings (SSSR count). The molecule has 4 aliphatic heterocycles. The predicted octanol–water partition coefficient (Wildman–Crippen LogP) is 10.9. The largest absolute Gasteiger partial charge is 0.391 e. The second kappa shape index (κ2) is 26.4. The van der Waals surface area contributed by atoms with Crippen molar-refractivity contribution < 1.29 is 37.5 Å². The van der Waals surface area contributed by atoms with Gasteiger partial charge < -0.3 is 30.4 Å². The molecule has 4 fully saturated rings. The number of aryl methyl sites for hydroxylation is 1. The van der Waals surface area contributed by atoms with Crippen LogP contribution in [0.5, 0.6) is 0 Å². The first-order valence-corrected chi connectivity index (χ1v) is 35.9. The van der Waals surface area contributed by atoms with Crippen LogP contribution in [0.3, 0.4) is 0 Å². The third kappa shape index (κ3) is 13.2. The zero-order chi connectivity index (χ0) is 65.7. The minimum atomic E-state index is -4.47. The summed E-state index contributed by atoms with van der Waals surface area (Å²) in [6.07, 6.45) is 9.91. The number of nitrogens with zero attached hydrogens (tertiary/aromatic N) is 8. The number of hydrogen-bond acceptors (Lipinski definition) is 16. The number of para-hydroxylation sites is 1. The lowest BCUT2D eigenvalue weighted by Gasteiger charge is -2.41. The molecule has 2 unspecified atom stereocenters. The van der Waals surface area contributed by atoms with E-state index in [9.17, 15) is 37.5 Å². The van der Waals surface area contributed by atoms with E-state index in [1.807, 2.05) is 129 Å². The summed E-state index contributed by atoms with van der Waals surface area (Å²) in [4.78, 5) is 92.6. The summed E-state index contributed by atoms with van der Waals surface area (Å²) in [6.45, 7) is 13.0. The van der Waals surface area contributed by atoms with Crippen LogP contribution in [0.25, 0.3) is 31.8 Å². The Morgan fingerprint density at radius 3 is 2.24 bits per heavy atom. The fourth-order valence-electron chi connectivity index (χ4n) is 14.7. The number of likely N-dealkylation sites (tertiary alicyclic amines) is 1. The molecule has 4 aromatic carbocycles. The molecule has 0 spiro atoms. The zero-order valence-corrected chi connectivity index (χ0v) is 56.3. The van der Waals surface area contributed by atoms with Crippen molar-refractivity contribution in [3.05, 3.63) is 154 Å². The number of aromatic nitrogens is 5. The molecule has 0 radical (unpaired) electrons. The second-order valence-corrected chi connectivity index (χ2v) is 30.7. The van der Waals surface area contributed by atoms with Crippen LogP contribution in [0.2, 0.25) is 0 Å². The van der Waals surface area contributed by atoms with Crippen LogP contribution >= 0.6 is 22.7 Å². The maximum Gasteiger partial charge on any atom is 0.284 e. The van der Waals surface area contributed by atoms with E-state index in [1.165, 1.54) is 47.6 Å². The van der Waals surface area contributed by atoms with Gasteiger partial charge in [0.1, 0.15) is 23.6 Å². The highest BCUT2D eigenvalue weighted by atomic mass is 32.2. The number of thiazole rings is 2. The van der Waals surface area contributed by atoms with Crippen LogP contribution in [0, 0.1) is 31.1 Å². The maximum absolute atomic E-state index is 14.8. The molecule has 94 heavy (non-hydrogen) atoms. The number of nitrogens with one attached hydrogen (secondary N) is 4. The highest BCUT2D eigenvalue weighted by Gasteiger charge is 2.48. The van der Waals surface area contributed by atoms with Crippen molar-refractivity contribution in [3.8, 4) is 21.6 Å². The van der Waals surface area contributed by atoms with Crippen LogP contribution in [-0.2, 0) is 43.9 Å². The van der Waals surface area contributed by atoms with Gasteiger partial charge in [-0.15, -0.1) is 11.3 Å². The number of β-amino-alcohol motifs (C(OH)–C–C–N with tert-alkyl or cyclic N) is 1. The lowest BCUT2D eigenvalue weighted by Crippen LogP contribution is -2.59. The van der Waals surface area contributed by atoms with Crippen molar-refractivity contribution in [1.29, 1.82) is 0 Å². The number of hydrogen-bond donors (Lipinski definition) is 5. The Hall–Kier alpha value is -8.38. The summed E-state index contributed by atoms with van der Waals surface area (Å²) in [5.74, 6) is -1.75. The fraction of sp³-hybridized carbons (Fsp3) is 0.423. The van der Waals surface area contributed by atoms with E-state index in [2.05, 4.69) is 35.5 Å². The molecule has 4 aromatic heterocycles. The summed E-state index contributed by atoms with van der Waals surface area (Å²) in [5, 5.41) is 25.4. The third-order valence-electron chi connectivity index (χ3n) is 19.8. The lowest BCUT2D eigenvalue weighted by atomic mass is 9.84. The van der Waals surface area contributed by atoms with Crippen molar-refractivity contribution in [2.45, 2.75) is 166 Å². The number of rotatable bonds is 17. The first-order chi connectivity index (χ1) is 45.1. The number of piperidine rings is 1. The van der Waals surface area contributed by atoms with Gasteiger partial charge in [0.15, 0.2) is 5.13 Å². The van der Waals surface area contributed by atoms with Gasteiger partial charge in [-0.05, 0) is 154 Å². The van der Waals surface area contributed by atoms with E-state index in [0.29, 0.717) is 65.9 Å². The average molecular weight is 1330 g/mol. The molecule has 1 saturated carbocycles. The summed E-state index contributed by atoms with van der Waals surface area (Å²) < 4.78 is 34.2. The average Bonchev–Trinajstić information content (AvgIpc) is 1.72. The van der Waals surface area contributed by atoms with E-state index in [4.69, 9.17) is 10.1 Å². The molecule has 3 saturated heterocycles.